The lowest BCUT2D eigenvalue weighted by Crippen LogP contribution is -2.05. The first kappa shape index (κ1) is 23.0. The molecule has 4 aromatic rings. The average molecular weight is 598 g/mol. The molecule has 11 heteroatoms. The SMILES string of the molecule is CC(Oc1ccc2c(c1)c(/C=C/c1ccc(C=O)nn1)nn2PI)c1c(Cl)cncc1Cl. The number of aromatic nitrogens is 5. The molecule has 0 saturated carbocycles. The van der Waals surface area contributed by atoms with Crippen molar-refractivity contribution in [1.29, 1.82) is 0 Å². The summed E-state index contributed by atoms with van der Waals surface area (Å²) in [5, 5.41) is 14.4. The van der Waals surface area contributed by atoms with Gasteiger partial charge in [0.25, 0.3) is 0 Å². The number of rotatable bonds is 7. The summed E-state index contributed by atoms with van der Waals surface area (Å²) >= 11 is 14.8. The zero-order valence-electron chi connectivity index (χ0n) is 16.5. The molecular formula is C21H15Cl2IN5O2P. The van der Waals surface area contributed by atoms with Crippen molar-refractivity contribution in [2.45, 2.75) is 13.0 Å². The first-order valence-corrected chi connectivity index (χ1v) is 14.1. The highest BCUT2D eigenvalue weighted by Gasteiger charge is 2.17. The summed E-state index contributed by atoms with van der Waals surface area (Å²) in [5.41, 5.74) is 3.35. The summed E-state index contributed by atoms with van der Waals surface area (Å²) in [6, 6.07) is 9.15. The van der Waals surface area contributed by atoms with Gasteiger partial charge in [-0.3, -0.25) is 9.78 Å². The normalized spacial score (nSPS) is 12.8. The molecule has 0 bridgehead atoms. The number of fused-ring (bicyclic) bond motifs is 1. The van der Waals surface area contributed by atoms with E-state index < -0.39 is 0 Å². The van der Waals surface area contributed by atoms with E-state index in [1.807, 2.05) is 35.7 Å². The zero-order valence-corrected chi connectivity index (χ0v) is 21.2. The maximum Gasteiger partial charge on any atom is 0.170 e. The number of pyridine rings is 1. The Hall–Kier alpha value is -2.13. The summed E-state index contributed by atoms with van der Waals surface area (Å²) in [7, 11) is 0. The zero-order chi connectivity index (χ0) is 22.7. The van der Waals surface area contributed by atoms with Crippen LogP contribution in [0.1, 0.15) is 40.5 Å². The Morgan fingerprint density at radius 1 is 1.09 bits per heavy atom. The summed E-state index contributed by atoms with van der Waals surface area (Å²) in [6.07, 6.45) is 7.48. The van der Waals surface area contributed by atoms with Crippen molar-refractivity contribution in [1.82, 2.24) is 24.7 Å². The van der Waals surface area contributed by atoms with Crippen molar-refractivity contribution in [2.24, 2.45) is 0 Å². The van der Waals surface area contributed by atoms with Gasteiger partial charge in [0, 0.05) is 23.3 Å². The van der Waals surface area contributed by atoms with Gasteiger partial charge in [0.15, 0.2) is 6.29 Å². The molecule has 4 rings (SSSR count). The molecule has 2 atom stereocenters. The molecule has 0 radical (unpaired) electrons. The second-order valence-corrected chi connectivity index (χ2v) is 9.53. The van der Waals surface area contributed by atoms with Crippen molar-refractivity contribution in [3.8, 4) is 5.75 Å². The fraction of sp³-hybridized carbons (Fsp3) is 0.0952. The molecule has 1 aromatic carbocycles. The highest BCUT2D eigenvalue weighted by molar-refractivity contribution is 14.2. The van der Waals surface area contributed by atoms with Crippen LogP contribution in [0.3, 0.4) is 0 Å². The van der Waals surface area contributed by atoms with Crippen LogP contribution in [0.25, 0.3) is 23.1 Å². The Morgan fingerprint density at radius 2 is 1.81 bits per heavy atom. The van der Waals surface area contributed by atoms with Crippen molar-refractivity contribution in [3.63, 3.8) is 0 Å². The van der Waals surface area contributed by atoms with E-state index in [-0.39, 0.29) is 11.8 Å². The Morgan fingerprint density at radius 3 is 2.47 bits per heavy atom. The van der Waals surface area contributed by atoms with E-state index in [2.05, 4.69) is 42.3 Å². The number of carbonyl (C=O) groups excluding carboxylic acids is 1. The Labute approximate surface area is 208 Å². The van der Waals surface area contributed by atoms with Crippen LogP contribution in [-0.2, 0) is 0 Å². The number of halogens is 3. The van der Waals surface area contributed by atoms with Gasteiger partial charge in [-0.05, 0) is 71.4 Å². The molecule has 3 heterocycles. The van der Waals surface area contributed by atoms with Crippen molar-refractivity contribution >= 4 is 81.0 Å². The molecule has 0 spiro atoms. The molecule has 0 saturated heterocycles. The number of nitrogens with zero attached hydrogens (tertiary/aromatic N) is 5. The summed E-state index contributed by atoms with van der Waals surface area (Å²) < 4.78 is 8.07. The predicted octanol–water partition coefficient (Wildman–Crippen LogP) is 6.44. The number of benzene rings is 1. The van der Waals surface area contributed by atoms with E-state index in [1.54, 1.807) is 30.6 Å². The maximum absolute atomic E-state index is 10.8. The highest BCUT2D eigenvalue weighted by Crippen LogP contribution is 2.36. The molecular weight excluding hydrogens is 583 g/mol. The van der Waals surface area contributed by atoms with Gasteiger partial charge in [-0.2, -0.15) is 10.2 Å². The van der Waals surface area contributed by atoms with Gasteiger partial charge in [-0.1, -0.05) is 23.2 Å². The number of ether oxygens (including phenoxy) is 1. The van der Waals surface area contributed by atoms with Crippen LogP contribution in [0, 0.1) is 0 Å². The third-order valence-electron chi connectivity index (χ3n) is 4.61. The Kier molecular flexibility index (Phi) is 7.35. The van der Waals surface area contributed by atoms with Crippen LogP contribution in [0.4, 0.5) is 0 Å². The van der Waals surface area contributed by atoms with E-state index in [0.29, 0.717) is 39.7 Å². The van der Waals surface area contributed by atoms with E-state index in [4.69, 9.17) is 27.9 Å². The number of hydrogen-bond donors (Lipinski definition) is 0. The van der Waals surface area contributed by atoms with Crippen molar-refractivity contribution in [2.75, 3.05) is 0 Å². The quantitative estimate of drug-likeness (QED) is 0.138. The Balaban J connectivity index is 1.66. The minimum absolute atomic E-state index is 0.285. The lowest BCUT2D eigenvalue weighted by Gasteiger charge is -2.17. The van der Waals surface area contributed by atoms with Crippen LogP contribution >= 0.6 is 51.6 Å². The van der Waals surface area contributed by atoms with Gasteiger partial charge in [-0.15, -0.1) is 5.10 Å². The summed E-state index contributed by atoms with van der Waals surface area (Å²) in [5.74, 6) is 0.662. The number of hydrogen-bond acceptors (Lipinski definition) is 6. The second-order valence-electron chi connectivity index (χ2n) is 6.67. The maximum atomic E-state index is 10.8. The van der Waals surface area contributed by atoms with Crippen LogP contribution in [-0.4, -0.2) is 31.0 Å². The summed E-state index contributed by atoms with van der Waals surface area (Å²) in [6.45, 7) is 1.88. The topological polar surface area (TPSA) is 82.8 Å². The molecule has 32 heavy (non-hydrogen) atoms. The van der Waals surface area contributed by atoms with E-state index >= 15 is 0 Å². The molecule has 7 nitrogen and oxygen atoms in total. The molecule has 3 aromatic heterocycles. The van der Waals surface area contributed by atoms with Crippen molar-refractivity contribution < 1.29 is 9.53 Å². The number of aldehydes is 1. The first-order chi connectivity index (χ1) is 15.5. The van der Waals surface area contributed by atoms with Gasteiger partial charge >= 0.3 is 0 Å². The third kappa shape index (κ3) is 4.93. The highest BCUT2D eigenvalue weighted by atomic mass is 127. The smallest absolute Gasteiger partial charge is 0.170 e. The molecule has 0 aliphatic carbocycles. The van der Waals surface area contributed by atoms with Crippen LogP contribution < -0.4 is 4.74 Å². The van der Waals surface area contributed by atoms with Gasteiger partial charge < -0.3 is 4.74 Å². The lowest BCUT2D eigenvalue weighted by molar-refractivity contribution is 0.111. The van der Waals surface area contributed by atoms with E-state index in [0.717, 1.165) is 16.6 Å². The average Bonchev–Trinajstić information content (AvgIpc) is 3.15. The largest absolute Gasteiger partial charge is 0.486 e. The lowest BCUT2D eigenvalue weighted by atomic mass is 10.1. The van der Waals surface area contributed by atoms with Crippen LogP contribution in [0.2, 0.25) is 10.0 Å². The molecule has 0 aliphatic heterocycles. The molecule has 0 amide bonds. The van der Waals surface area contributed by atoms with Crippen LogP contribution in [0.5, 0.6) is 5.75 Å². The Bertz CT molecular complexity index is 1290. The summed E-state index contributed by atoms with van der Waals surface area (Å²) in [4.78, 5) is 14.7. The second kappa shape index (κ2) is 10.2. The molecule has 0 aliphatic rings. The van der Waals surface area contributed by atoms with E-state index in [9.17, 15) is 4.79 Å². The van der Waals surface area contributed by atoms with Crippen LogP contribution in [0.15, 0.2) is 42.7 Å². The van der Waals surface area contributed by atoms with Gasteiger partial charge in [-0.25, -0.2) is 4.45 Å². The monoisotopic (exact) mass is 597 g/mol. The van der Waals surface area contributed by atoms with Crippen molar-refractivity contribution in [3.05, 3.63) is 75.4 Å². The van der Waals surface area contributed by atoms with Gasteiger partial charge in [0.2, 0.25) is 0 Å². The number of carbonyl (C=O) groups is 1. The van der Waals surface area contributed by atoms with Gasteiger partial charge in [0.1, 0.15) is 17.5 Å². The fourth-order valence-corrected chi connectivity index (χ4v) is 5.33. The minimum atomic E-state index is -0.373. The van der Waals surface area contributed by atoms with Gasteiger partial charge in [0.05, 0.1) is 33.3 Å². The minimum Gasteiger partial charge on any atom is -0.486 e. The third-order valence-corrected chi connectivity index (χ3v) is 7.08. The van der Waals surface area contributed by atoms with E-state index in [1.165, 1.54) is 0 Å². The molecule has 2 unspecified atom stereocenters. The molecule has 0 N–H and O–H groups in total. The standard InChI is InChI=1S/C21H15Cl2IN5O2P/c1-12(21-17(22)9-25-10-18(21)23)31-15-5-7-20-16(8-15)19(28-29(20)32-24)6-4-13-2-3-14(11-30)27-26-13/h2-12,32H,1H3/b6-4+. The first-order valence-electron chi connectivity index (χ1n) is 9.32. The molecule has 162 valence electrons. The predicted molar refractivity (Wildman–Crippen MR) is 137 cm³/mol. The molecule has 0 fully saturated rings. The fourth-order valence-electron chi connectivity index (χ4n) is 3.12.